The molecule has 4 nitrogen and oxygen atoms in total. The highest BCUT2D eigenvalue weighted by Crippen LogP contribution is 2.29. The van der Waals surface area contributed by atoms with Gasteiger partial charge < -0.3 is 10.6 Å². The molecule has 154 valence electrons. The zero-order chi connectivity index (χ0) is 21.5. The Hall–Kier alpha value is -2.32. The van der Waals surface area contributed by atoms with Gasteiger partial charge in [-0.15, -0.1) is 11.8 Å². The largest absolute Gasteiger partial charge is 0.325 e. The predicted molar refractivity (Wildman–Crippen MR) is 133 cm³/mol. The Labute approximate surface area is 195 Å². The van der Waals surface area contributed by atoms with Crippen LogP contribution >= 0.6 is 34.4 Å². The molecule has 0 heterocycles. The number of amides is 2. The summed E-state index contributed by atoms with van der Waals surface area (Å²) in [7, 11) is 0. The fourth-order valence-electron chi connectivity index (χ4n) is 2.92. The molecule has 0 saturated heterocycles. The molecule has 0 bridgehead atoms. The average Bonchev–Trinajstić information content (AvgIpc) is 2.74. The first-order chi connectivity index (χ1) is 14.5. The molecule has 2 amide bonds. The van der Waals surface area contributed by atoms with E-state index < -0.39 is 0 Å². The number of rotatable bonds is 7. The topological polar surface area (TPSA) is 58.2 Å². The van der Waals surface area contributed by atoms with E-state index in [-0.39, 0.29) is 17.1 Å². The van der Waals surface area contributed by atoms with Gasteiger partial charge in [-0.2, -0.15) is 0 Å². The number of thioether (sulfide) groups is 1. The second kappa shape index (κ2) is 10.6. The van der Waals surface area contributed by atoms with Crippen molar-refractivity contribution in [3.8, 4) is 0 Å². The van der Waals surface area contributed by atoms with E-state index in [2.05, 4.69) is 33.2 Å². The van der Waals surface area contributed by atoms with Gasteiger partial charge in [-0.3, -0.25) is 9.59 Å². The van der Waals surface area contributed by atoms with E-state index in [4.69, 9.17) is 0 Å². The molecule has 2 N–H and O–H groups in total. The first kappa shape index (κ1) is 22.4. The van der Waals surface area contributed by atoms with E-state index in [1.807, 2.05) is 86.6 Å². The number of carbonyl (C=O) groups excluding carboxylic acids is 2. The fraction of sp³-hybridized carbons (Fsp3) is 0.167. The number of nitrogens with one attached hydrogen (secondary N) is 2. The Bertz CT molecular complexity index is 1040. The summed E-state index contributed by atoms with van der Waals surface area (Å²) in [5.41, 5.74) is 3.08. The van der Waals surface area contributed by atoms with Crippen molar-refractivity contribution >= 4 is 57.5 Å². The van der Waals surface area contributed by atoms with Crippen LogP contribution in [0.4, 0.5) is 11.4 Å². The molecule has 3 rings (SSSR count). The standard InChI is InChI=1S/C24H23IN2O2S/c1-3-22(24(29)26-18-13-11-17(25)12-14-18)30-20-9-6-8-19(15-20)27-23(28)21-10-5-4-7-16(21)2/h4-15,22H,3H2,1-2H3,(H,26,29)(H,27,28). The van der Waals surface area contributed by atoms with Crippen LogP contribution in [0.3, 0.4) is 0 Å². The Kier molecular flexibility index (Phi) is 7.93. The zero-order valence-electron chi connectivity index (χ0n) is 16.8. The molecule has 6 heteroatoms. The van der Waals surface area contributed by atoms with Gasteiger partial charge in [0.2, 0.25) is 5.91 Å². The van der Waals surface area contributed by atoms with E-state index in [1.165, 1.54) is 11.8 Å². The van der Waals surface area contributed by atoms with Crippen molar-refractivity contribution in [2.24, 2.45) is 0 Å². The minimum absolute atomic E-state index is 0.0296. The molecule has 3 aromatic carbocycles. The maximum Gasteiger partial charge on any atom is 0.255 e. The molecule has 0 radical (unpaired) electrons. The summed E-state index contributed by atoms with van der Waals surface area (Å²) in [6.45, 7) is 3.91. The summed E-state index contributed by atoms with van der Waals surface area (Å²) in [5.74, 6) is -0.170. The van der Waals surface area contributed by atoms with Crippen molar-refractivity contribution in [1.82, 2.24) is 0 Å². The van der Waals surface area contributed by atoms with Crippen LogP contribution in [0.25, 0.3) is 0 Å². The average molecular weight is 530 g/mol. The number of carbonyl (C=O) groups is 2. The molecule has 1 atom stereocenters. The summed E-state index contributed by atoms with van der Waals surface area (Å²) in [4.78, 5) is 26.2. The molecule has 0 aliphatic rings. The third-order valence-corrected chi connectivity index (χ3v) is 6.61. The van der Waals surface area contributed by atoms with E-state index in [0.29, 0.717) is 17.7 Å². The van der Waals surface area contributed by atoms with Gasteiger partial charge in [-0.25, -0.2) is 0 Å². The number of halogens is 1. The summed E-state index contributed by atoms with van der Waals surface area (Å²) in [5, 5.41) is 5.70. The Balaban J connectivity index is 1.67. The van der Waals surface area contributed by atoms with Gasteiger partial charge in [0.05, 0.1) is 5.25 Å². The van der Waals surface area contributed by atoms with Crippen LogP contribution in [0.15, 0.2) is 77.7 Å². The molecular weight excluding hydrogens is 507 g/mol. The predicted octanol–water partition coefficient (Wildman–Crippen LogP) is 6.36. The number of hydrogen-bond donors (Lipinski definition) is 2. The van der Waals surface area contributed by atoms with E-state index in [9.17, 15) is 9.59 Å². The van der Waals surface area contributed by atoms with Crippen LogP contribution in [0.1, 0.15) is 29.3 Å². The molecule has 0 aliphatic heterocycles. The van der Waals surface area contributed by atoms with Crippen molar-refractivity contribution in [3.05, 3.63) is 87.5 Å². The SMILES string of the molecule is CCC(Sc1cccc(NC(=O)c2ccccc2C)c1)C(=O)Nc1ccc(I)cc1. The van der Waals surface area contributed by atoms with Gasteiger partial charge in [-0.05, 0) is 90.0 Å². The van der Waals surface area contributed by atoms with Crippen LogP contribution < -0.4 is 10.6 Å². The summed E-state index contributed by atoms with van der Waals surface area (Å²) in [6, 6.07) is 22.8. The highest BCUT2D eigenvalue weighted by molar-refractivity contribution is 14.1. The number of anilines is 2. The lowest BCUT2D eigenvalue weighted by molar-refractivity contribution is -0.115. The lowest BCUT2D eigenvalue weighted by Crippen LogP contribution is -2.24. The maximum atomic E-state index is 12.7. The van der Waals surface area contributed by atoms with Gasteiger partial charge >= 0.3 is 0 Å². The Morgan fingerprint density at radius 3 is 2.37 bits per heavy atom. The second-order valence-corrected chi connectivity index (χ2v) is 9.33. The molecule has 0 aromatic heterocycles. The monoisotopic (exact) mass is 530 g/mol. The summed E-state index contributed by atoms with van der Waals surface area (Å²) in [6.07, 6.45) is 0.695. The van der Waals surface area contributed by atoms with Gasteiger partial charge in [0.15, 0.2) is 0 Å². The Morgan fingerprint density at radius 2 is 1.67 bits per heavy atom. The van der Waals surface area contributed by atoms with Crippen molar-refractivity contribution < 1.29 is 9.59 Å². The molecule has 30 heavy (non-hydrogen) atoms. The van der Waals surface area contributed by atoms with Gasteiger partial charge in [0.25, 0.3) is 5.91 Å². The molecule has 1 unspecified atom stereocenters. The van der Waals surface area contributed by atoms with Crippen LogP contribution in [0.5, 0.6) is 0 Å². The van der Waals surface area contributed by atoms with Crippen molar-refractivity contribution in [1.29, 1.82) is 0 Å². The highest BCUT2D eigenvalue weighted by Gasteiger charge is 2.18. The second-order valence-electron chi connectivity index (χ2n) is 6.81. The molecule has 0 saturated carbocycles. The first-order valence-electron chi connectivity index (χ1n) is 9.66. The van der Waals surface area contributed by atoms with E-state index >= 15 is 0 Å². The van der Waals surface area contributed by atoms with Crippen LogP contribution in [-0.4, -0.2) is 17.1 Å². The van der Waals surface area contributed by atoms with Crippen molar-refractivity contribution in [3.63, 3.8) is 0 Å². The lowest BCUT2D eigenvalue weighted by atomic mass is 10.1. The molecule has 3 aromatic rings. The van der Waals surface area contributed by atoms with Crippen LogP contribution in [0, 0.1) is 10.5 Å². The molecule has 0 fully saturated rings. The van der Waals surface area contributed by atoms with Crippen molar-refractivity contribution in [2.75, 3.05) is 10.6 Å². The highest BCUT2D eigenvalue weighted by atomic mass is 127. The quantitative estimate of drug-likeness (QED) is 0.276. The fourth-order valence-corrected chi connectivity index (χ4v) is 4.29. The maximum absolute atomic E-state index is 12.7. The normalized spacial score (nSPS) is 11.6. The number of benzene rings is 3. The summed E-state index contributed by atoms with van der Waals surface area (Å²) >= 11 is 3.73. The van der Waals surface area contributed by atoms with E-state index in [1.54, 1.807) is 0 Å². The smallest absolute Gasteiger partial charge is 0.255 e. The minimum atomic E-state index is -0.230. The van der Waals surface area contributed by atoms with Gasteiger partial charge in [0, 0.05) is 25.4 Å². The lowest BCUT2D eigenvalue weighted by Gasteiger charge is -2.15. The third kappa shape index (κ3) is 6.09. The third-order valence-electron chi connectivity index (χ3n) is 4.53. The first-order valence-corrected chi connectivity index (χ1v) is 11.6. The summed E-state index contributed by atoms with van der Waals surface area (Å²) < 4.78 is 1.12. The minimum Gasteiger partial charge on any atom is -0.325 e. The number of aryl methyl sites for hydroxylation is 1. The van der Waals surface area contributed by atoms with Crippen molar-refractivity contribution in [2.45, 2.75) is 30.4 Å². The Morgan fingerprint density at radius 1 is 0.933 bits per heavy atom. The molecule has 0 aliphatic carbocycles. The van der Waals surface area contributed by atoms with E-state index in [0.717, 1.165) is 19.7 Å². The van der Waals surface area contributed by atoms with Crippen LogP contribution in [-0.2, 0) is 4.79 Å². The molecular formula is C24H23IN2O2S. The zero-order valence-corrected chi connectivity index (χ0v) is 19.8. The molecule has 0 spiro atoms. The van der Waals surface area contributed by atoms with Gasteiger partial charge in [-0.1, -0.05) is 31.2 Å². The van der Waals surface area contributed by atoms with Crippen LogP contribution in [0.2, 0.25) is 0 Å². The van der Waals surface area contributed by atoms with Gasteiger partial charge in [0.1, 0.15) is 0 Å². The number of hydrogen-bond acceptors (Lipinski definition) is 3.